The van der Waals surface area contributed by atoms with Crippen LogP contribution in [0.25, 0.3) is 0 Å². The van der Waals surface area contributed by atoms with Crippen molar-refractivity contribution in [3.05, 3.63) is 65.9 Å². The van der Waals surface area contributed by atoms with Crippen LogP contribution in [-0.2, 0) is 0 Å². The Morgan fingerprint density at radius 1 is 0.852 bits per heavy atom. The Morgan fingerprint density at radius 2 is 1.59 bits per heavy atom. The lowest BCUT2D eigenvalue weighted by Gasteiger charge is -2.22. The molecule has 140 valence electrons. The molecule has 27 heavy (non-hydrogen) atoms. The maximum atomic E-state index is 4.59. The number of benzene rings is 2. The maximum absolute atomic E-state index is 4.59. The number of nitrogens with zero attached hydrogens (tertiary/aromatic N) is 3. The molecule has 0 saturated carbocycles. The highest BCUT2D eigenvalue weighted by Gasteiger charge is 2.07. The van der Waals surface area contributed by atoms with Gasteiger partial charge in [-0.2, -0.15) is 4.98 Å². The Kier molecular flexibility index (Phi) is 5.91. The van der Waals surface area contributed by atoms with E-state index in [1.54, 1.807) is 6.20 Å². The van der Waals surface area contributed by atoms with Crippen molar-refractivity contribution < 1.29 is 0 Å². The fourth-order valence-corrected chi connectivity index (χ4v) is 3.03. The van der Waals surface area contributed by atoms with E-state index < -0.39 is 0 Å². The van der Waals surface area contributed by atoms with Crippen LogP contribution < -0.4 is 15.5 Å². The van der Waals surface area contributed by atoms with E-state index in [0.717, 1.165) is 30.3 Å². The molecule has 3 rings (SSSR count). The lowest BCUT2D eigenvalue weighted by molar-refractivity contribution is 0.866. The Morgan fingerprint density at radius 3 is 2.30 bits per heavy atom. The highest BCUT2D eigenvalue weighted by molar-refractivity contribution is 5.66. The lowest BCUT2D eigenvalue weighted by atomic mass is 10.1. The highest BCUT2D eigenvalue weighted by atomic mass is 15.1. The van der Waals surface area contributed by atoms with Gasteiger partial charge in [0.15, 0.2) is 0 Å². The zero-order valence-electron chi connectivity index (χ0n) is 16.5. The highest BCUT2D eigenvalue weighted by Crippen LogP contribution is 2.25. The predicted molar refractivity (Wildman–Crippen MR) is 115 cm³/mol. The van der Waals surface area contributed by atoms with Crippen LogP contribution in [0.2, 0.25) is 0 Å². The lowest BCUT2D eigenvalue weighted by Crippen LogP contribution is -2.21. The van der Waals surface area contributed by atoms with E-state index in [0.29, 0.717) is 5.95 Å². The number of hydrogen-bond donors (Lipinski definition) is 2. The van der Waals surface area contributed by atoms with Crippen LogP contribution in [0, 0.1) is 13.8 Å². The summed E-state index contributed by atoms with van der Waals surface area (Å²) >= 11 is 0. The molecule has 5 nitrogen and oxygen atoms in total. The number of nitrogens with one attached hydrogen (secondary N) is 2. The predicted octanol–water partition coefficient (Wildman–Crippen LogP) is 5.43. The standard InChI is InChI=1S/C22H27N5/c1-5-27(6-2)18-11-12-20(17(4)15-18)25-22-23-14-13-21(26-22)24-19-10-8-7-9-16(19)3/h7-15H,5-6H2,1-4H3,(H2,23,24,25,26). The van der Waals surface area contributed by atoms with Gasteiger partial charge in [0, 0.05) is 36.3 Å². The number of para-hydroxylation sites is 1. The molecule has 0 radical (unpaired) electrons. The van der Waals surface area contributed by atoms with Crippen LogP contribution in [-0.4, -0.2) is 23.1 Å². The first-order valence-corrected chi connectivity index (χ1v) is 9.39. The summed E-state index contributed by atoms with van der Waals surface area (Å²) in [4.78, 5) is 11.3. The second-order valence-corrected chi connectivity index (χ2v) is 6.50. The minimum Gasteiger partial charge on any atom is -0.372 e. The smallest absolute Gasteiger partial charge is 0.229 e. The van der Waals surface area contributed by atoms with E-state index in [9.17, 15) is 0 Å². The van der Waals surface area contributed by atoms with E-state index >= 15 is 0 Å². The number of rotatable bonds is 7. The summed E-state index contributed by atoms with van der Waals surface area (Å²) in [5.41, 5.74) is 5.63. The summed E-state index contributed by atoms with van der Waals surface area (Å²) in [5, 5.41) is 6.69. The van der Waals surface area contributed by atoms with Crippen molar-refractivity contribution in [1.29, 1.82) is 0 Å². The van der Waals surface area contributed by atoms with Crippen LogP contribution >= 0.6 is 0 Å². The van der Waals surface area contributed by atoms with E-state index in [1.807, 2.05) is 24.3 Å². The molecule has 2 aromatic carbocycles. The molecule has 0 amide bonds. The molecule has 1 aromatic heterocycles. The SMILES string of the molecule is CCN(CC)c1ccc(Nc2nccc(Nc3ccccc3C)n2)c(C)c1. The van der Waals surface area contributed by atoms with Gasteiger partial charge < -0.3 is 15.5 Å². The zero-order valence-corrected chi connectivity index (χ0v) is 16.5. The first-order valence-electron chi connectivity index (χ1n) is 9.39. The van der Waals surface area contributed by atoms with Gasteiger partial charge >= 0.3 is 0 Å². The summed E-state index contributed by atoms with van der Waals surface area (Å²) in [7, 11) is 0. The molecule has 1 heterocycles. The molecule has 2 N–H and O–H groups in total. The van der Waals surface area contributed by atoms with E-state index in [1.165, 1.54) is 16.8 Å². The number of aromatic nitrogens is 2. The van der Waals surface area contributed by atoms with Gasteiger partial charge in [0.25, 0.3) is 0 Å². The summed E-state index contributed by atoms with van der Waals surface area (Å²) in [5.74, 6) is 1.34. The summed E-state index contributed by atoms with van der Waals surface area (Å²) in [6.45, 7) is 10.5. The quantitative estimate of drug-likeness (QED) is 0.588. The molecule has 3 aromatic rings. The summed E-state index contributed by atoms with van der Waals surface area (Å²) in [6.07, 6.45) is 1.76. The number of hydrogen-bond acceptors (Lipinski definition) is 5. The third-order valence-electron chi connectivity index (χ3n) is 4.65. The minimum atomic E-state index is 0.576. The van der Waals surface area contributed by atoms with Crippen molar-refractivity contribution in [2.75, 3.05) is 28.6 Å². The fourth-order valence-electron chi connectivity index (χ4n) is 3.03. The second-order valence-electron chi connectivity index (χ2n) is 6.50. The van der Waals surface area contributed by atoms with Gasteiger partial charge in [0.05, 0.1) is 0 Å². The summed E-state index contributed by atoms with van der Waals surface area (Å²) in [6, 6.07) is 16.4. The van der Waals surface area contributed by atoms with Crippen LogP contribution in [0.4, 0.5) is 28.8 Å². The normalized spacial score (nSPS) is 10.5. The number of aryl methyl sites for hydroxylation is 2. The van der Waals surface area contributed by atoms with Gasteiger partial charge in [-0.15, -0.1) is 0 Å². The molecule has 0 aliphatic carbocycles. The van der Waals surface area contributed by atoms with Crippen molar-refractivity contribution in [2.45, 2.75) is 27.7 Å². The van der Waals surface area contributed by atoms with Crippen LogP contribution in [0.5, 0.6) is 0 Å². The molecule has 0 bridgehead atoms. The Hall–Kier alpha value is -3.08. The van der Waals surface area contributed by atoms with Crippen molar-refractivity contribution in [3.63, 3.8) is 0 Å². The number of anilines is 5. The van der Waals surface area contributed by atoms with Crippen LogP contribution in [0.3, 0.4) is 0 Å². The van der Waals surface area contributed by atoms with Gasteiger partial charge in [0.2, 0.25) is 5.95 Å². The average molecular weight is 361 g/mol. The van der Waals surface area contributed by atoms with Crippen molar-refractivity contribution in [2.24, 2.45) is 0 Å². The average Bonchev–Trinajstić information content (AvgIpc) is 2.67. The molecule has 0 atom stereocenters. The molecule has 5 heteroatoms. The van der Waals surface area contributed by atoms with Gasteiger partial charge in [-0.25, -0.2) is 4.98 Å². The van der Waals surface area contributed by atoms with Crippen LogP contribution in [0.1, 0.15) is 25.0 Å². The summed E-state index contributed by atoms with van der Waals surface area (Å²) < 4.78 is 0. The largest absolute Gasteiger partial charge is 0.372 e. The Bertz CT molecular complexity index is 903. The van der Waals surface area contributed by atoms with Gasteiger partial charge in [-0.05, 0) is 69.2 Å². The van der Waals surface area contributed by atoms with Gasteiger partial charge in [0.1, 0.15) is 5.82 Å². The molecule has 0 unspecified atom stereocenters. The van der Waals surface area contributed by atoms with Gasteiger partial charge in [-0.3, -0.25) is 0 Å². The zero-order chi connectivity index (χ0) is 19.2. The molecule has 0 saturated heterocycles. The van der Waals surface area contributed by atoms with Crippen molar-refractivity contribution in [1.82, 2.24) is 9.97 Å². The molecule has 0 fully saturated rings. The third-order valence-corrected chi connectivity index (χ3v) is 4.65. The molecular weight excluding hydrogens is 334 g/mol. The van der Waals surface area contributed by atoms with Crippen molar-refractivity contribution >= 4 is 28.8 Å². The third kappa shape index (κ3) is 4.56. The van der Waals surface area contributed by atoms with E-state index in [4.69, 9.17) is 0 Å². The fraction of sp³-hybridized carbons (Fsp3) is 0.273. The molecule has 0 spiro atoms. The topological polar surface area (TPSA) is 53.1 Å². The first kappa shape index (κ1) is 18.7. The second kappa shape index (κ2) is 8.54. The Balaban J connectivity index is 1.77. The molecule has 0 aliphatic rings. The Labute approximate surface area is 161 Å². The van der Waals surface area contributed by atoms with Gasteiger partial charge in [-0.1, -0.05) is 18.2 Å². The van der Waals surface area contributed by atoms with Crippen LogP contribution in [0.15, 0.2) is 54.7 Å². The van der Waals surface area contributed by atoms with E-state index in [-0.39, 0.29) is 0 Å². The minimum absolute atomic E-state index is 0.576. The monoisotopic (exact) mass is 361 g/mol. The first-order chi connectivity index (χ1) is 13.1. The molecular formula is C22H27N5. The van der Waals surface area contributed by atoms with E-state index in [2.05, 4.69) is 77.5 Å². The maximum Gasteiger partial charge on any atom is 0.229 e. The molecule has 0 aliphatic heterocycles. The van der Waals surface area contributed by atoms with Crippen molar-refractivity contribution in [3.8, 4) is 0 Å².